The minimum atomic E-state index is -4.62. The van der Waals surface area contributed by atoms with E-state index in [1.54, 1.807) is 0 Å². The highest BCUT2D eigenvalue weighted by molar-refractivity contribution is 7.89. The van der Waals surface area contributed by atoms with Crippen molar-refractivity contribution >= 4 is 21.8 Å². The predicted molar refractivity (Wildman–Crippen MR) is 147 cm³/mol. The van der Waals surface area contributed by atoms with Crippen LogP contribution < -0.4 is 4.90 Å². The van der Waals surface area contributed by atoms with Gasteiger partial charge in [0, 0.05) is 38.4 Å². The van der Waals surface area contributed by atoms with Crippen molar-refractivity contribution in [3.8, 4) is 0 Å². The Labute approximate surface area is 237 Å². The average molecular weight is 586 g/mol. The van der Waals surface area contributed by atoms with E-state index in [4.69, 9.17) is 4.74 Å². The molecule has 0 spiro atoms. The molecule has 2 aliphatic heterocycles. The topological polar surface area (TPSA) is 70.2 Å². The molecule has 0 N–H and O–H groups in total. The number of carbonyl (C=O) groups excluding carboxylic acids is 1. The maximum absolute atomic E-state index is 13.1. The Hall–Kier alpha value is -3.57. The molecule has 41 heavy (non-hydrogen) atoms. The summed E-state index contributed by atoms with van der Waals surface area (Å²) in [5.74, 6) is 0.386. The van der Waals surface area contributed by atoms with Crippen molar-refractivity contribution in [1.29, 1.82) is 0 Å². The molecule has 216 valence electrons. The number of ether oxygens (including phenoxy) is 1. The lowest BCUT2D eigenvalue weighted by Crippen LogP contribution is -2.48. The SMILES string of the molecule is O=C(OCc1ccccc1)N1CC[C@@H]2CC1c1cc(N3CCN(S(=O)(=O)c4cccc(C(F)(F)F)c4)CC3)ccc12. The van der Waals surface area contributed by atoms with Crippen LogP contribution in [0.15, 0.2) is 77.7 Å². The molecule has 7 nitrogen and oxygen atoms in total. The molecule has 0 saturated carbocycles. The Kier molecular flexibility index (Phi) is 7.19. The van der Waals surface area contributed by atoms with Crippen molar-refractivity contribution in [1.82, 2.24) is 9.21 Å². The van der Waals surface area contributed by atoms with Gasteiger partial charge in [-0.05, 0) is 65.8 Å². The number of piperazine rings is 1. The molecule has 0 radical (unpaired) electrons. The standard InChI is InChI=1S/C30H30F3N3O4S/c31-30(32,33)23-7-4-8-25(18-23)41(38,39)35-15-13-34(14-16-35)24-9-10-26-22-11-12-36(28(17-22)27(26)19-24)29(37)40-20-21-5-2-1-3-6-21/h1-10,18-19,22,28H,11-17,20H2/t22-,28?/m1/s1. The van der Waals surface area contributed by atoms with Crippen LogP contribution in [-0.4, -0.2) is 56.4 Å². The smallest absolute Gasteiger partial charge is 0.416 e. The average Bonchev–Trinajstić information content (AvgIpc) is 3.26. The van der Waals surface area contributed by atoms with Gasteiger partial charge >= 0.3 is 12.3 Å². The molecule has 1 amide bonds. The number of benzene rings is 3. The second-order valence-corrected chi connectivity index (χ2v) is 12.6. The van der Waals surface area contributed by atoms with E-state index in [2.05, 4.69) is 17.0 Å². The quantitative estimate of drug-likeness (QED) is 0.379. The highest BCUT2D eigenvalue weighted by Gasteiger charge is 2.42. The first-order valence-electron chi connectivity index (χ1n) is 13.6. The van der Waals surface area contributed by atoms with Crippen LogP contribution in [0.5, 0.6) is 0 Å². The van der Waals surface area contributed by atoms with E-state index in [1.165, 1.54) is 15.9 Å². The van der Waals surface area contributed by atoms with Gasteiger partial charge < -0.3 is 14.5 Å². The normalized spacial score (nSPS) is 21.0. The summed E-state index contributed by atoms with van der Waals surface area (Å²) >= 11 is 0. The fourth-order valence-corrected chi connectivity index (χ4v) is 7.62. The Bertz CT molecular complexity index is 1540. The fraction of sp³-hybridized carbons (Fsp3) is 0.367. The van der Waals surface area contributed by atoms with Crippen molar-refractivity contribution in [2.45, 2.75) is 42.5 Å². The third-order valence-electron chi connectivity index (χ3n) is 8.31. The number of piperidine rings is 1. The van der Waals surface area contributed by atoms with E-state index in [0.29, 0.717) is 31.6 Å². The zero-order valence-corrected chi connectivity index (χ0v) is 23.1. The van der Waals surface area contributed by atoms with Gasteiger partial charge in [-0.1, -0.05) is 42.5 Å². The fourth-order valence-electron chi connectivity index (χ4n) is 6.15. The Morgan fingerprint density at radius 3 is 2.37 bits per heavy atom. The third-order valence-corrected chi connectivity index (χ3v) is 10.2. The number of nitrogens with zero attached hydrogens (tertiary/aromatic N) is 3. The molecule has 11 heteroatoms. The maximum atomic E-state index is 13.1. The first-order chi connectivity index (χ1) is 19.6. The number of carbonyl (C=O) groups is 1. The number of sulfonamides is 1. The third kappa shape index (κ3) is 5.40. The van der Waals surface area contributed by atoms with Gasteiger partial charge in [0.25, 0.3) is 0 Å². The second kappa shape index (κ2) is 10.7. The van der Waals surface area contributed by atoms with Crippen molar-refractivity contribution < 1.29 is 31.1 Å². The molecule has 2 fully saturated rings. The monoisotopic (exact) mass is 585 g/mol. The van der Waals surface area contributed by atoms with E-state index >= 15 is 0 Å². The van der Waals surface area contributed by atoms with Crippen molar-refractivity contribution in [3.63, 3.8) is 0 Å². The van der Waals surface area contributed by atoms with Gasteiger partial charge in [-0.15, -0.1) is 0 Å². The number of alkyl halides is 3. The second-order valence-electron chi connectivity index (χ2n) is 10.7. The Morgan fingerprint density at radius 2 is 1.63 bits per heavy atom. The summed E-state index contributed by atoms with van der Waals surface area (Å²) in [7, 11) is -4.07. The summed E-state index contributed by atoms with van der Waals surface area (Å²) in [5.41, 5.74) is 3.21. The number of hydrogen-bond acceptors (Lipinski definition) is 5. The van der Waals surface area contributed by atoms with Crippen molar-refractivity contribution in [3.05, 3.63) is 95.1 Å². The Morgan fingerprint density at radius 1 is 0.878 bits per heavy atom. The molecule has 3 aromatic carbocycles. The van der Waals surface area contributed by atoms with Gasteiger partial charge in [-0.25, -0.2) is 13.2 Å². The lowest BCUT2D eigenvalue weighted by Gasteiger charge is -2.36. The Balaban J connectivity index is 1.14. The molecule has 2 bridgehead atoms. The summed E-state index contributed by atoms with van der Waals surface area (Å²) in [6.45, 7) is 1.94. The number of rotatable bonds is 5. The molecule has 3 aliphatic rings. The number of fused-ring (bicyclic) bond motifs is 5. The summed E-state index contributed by atoms with van der Waals surface area (Å²) in [4.78, 5) is 16.6. The number of amides is 1. The number of anilines is 1. The van der Waals surface area contributed by atoms with Gasteiger partial charge in [0.15, 0.2) is 0 Å². The van der Waals surface area contributed by atoms with Crippen LogP contribution in [-0.2, 0) is 27.5 Å². The molecular weight excluding hydrogens is 555 g/mol. The van der Waals surface area contributed by atoms with E-state index in [1.807, 2.05) is 41.3 Å². The number of halogens is 3. The molecular formula is C30H30F3N3O4S. The lowest BCUT2D eigenvalue weighted by molar-refractivity contribution is -0.137. The van der Waals surface area contributed by atoms with Crippen LogP contribution >= 0.6 is 0 Å². The van der Waals surface area contributed by atoms with Gasteiger partial charge in [-0.3, -0.25) is 0 Å². The van der Waals surface area contributed by atoms with Gasteiger partial charge in [0.05, 0.1) is 16.5 Å². The highest BCUT2D eigenvalue weighted by atomic mass is 32.2. The molecule has 2 atom stereocenters. The molecule has 1 aliphatic carbocycles. The van der Waals surface area contributed by atoms with Crippen LogP contribution in [0.1, 0.15) is 47.1 Å². The van der Waals surface area contributed by atoms with Gasteiger partial charge in [0.1, 0.15) is 6.61 Å². The van der Waals surface area contributed by atoms with Crippen LogP contribution in [0.3, 0.4) is 0 Å². The highest BCUT2D eigenvalue weighted by Crippen LogP contribution is 2.50. The van der Waals surface area contributed by atoms with Crippen molar-refractivity contribution in [2.75, 3.05) is 37.6 Å². The molecule has 2 heterocycles. The number of hydrogen-bond donors (Lipinski definition) is 0. The van der Waals surface area contributed by atoms with E-state index in [-0.39, 0.29) is 36.7 Å². The van der Waals surface area contributed by atoms with Gasteiger partial charge in [-0.2, -0.15) is 17.5 Å². The minimum absolute atomic E-state index is 0.0745. The molecule has 1 unspecified atom stereocenters. The number of likely N-dealkylation sites (tertiary alicyclic amines) is 1. The zero-order valence-electron chi connectivity index (χ0n) is 22.3. The summed E-state index contributed by atoms with van der Waals surface area (Å²) in [6.07, 6.45) is -3.23. The van der Waals surface area contributed by atoms with Crippen LogP contribution in [0.25, 0.3) is 0 Å². The van der Waals surface area contributed by atoms with Crippen LogP contribution in [0.2, 0.25) is 0 Å². The lowest BCUT2D eigenvalue weighted by atomic mass is 9.96. The zero-order chi connectivity index (χ0) is 28.8. The minimum Gasteiger partial charge on any atom is -0.445 e. The summed E-state index contributed by atoms with van der Waals surface area (Å²) in [5, 5.41) is 0. The first-order valence-corrected chi connectivity index (χ1v) is 15.1. The van der Waals surface area contributed by atoms with E-state index in [9.17, 15) is 26.4 Å². The van der Waals surface area contributed by atoms with Crippen molar-refractivity contribution in [2.24, 2.45) is 0 Å². The first kappa shape index (κ1) is 27.6. The van der Waals surface area contributed by atoms with Gasteiger partial charge in [0.2, 0.25) is 10.0 Å². The summed E-state index contributed by atoms with van der Waals surface area (Å²) < 4.78 is 72.6. The van der Waals surface area contributed by atoms with Crippen LogP contribution in [0, 0.1) is 0 Å². The van der Waals surface area contributed by atoms with E-state index in [0.717, 1.165) is 41.8 Å². The molecule has 0 aromatic heterocycles. The largest absolute Gasteiger partial charge is 0.445 e. The van der Waals surface area contributed by atoms with Crippen LogP contribution in [0.4, 0.5) is 23.7 Å². The maximum Gasteiger partial charge on any atom is 0.416 e. The molecule has 3 aromatic rings. The molecule has 2 saturated heterocycles. The summed E-state index contributed by atoms with van der Waals surface area (Å²) in [6, 6.07) is 19.6. The van der Waals surface area contributed by atoms with E-state index < -0.39 is 21.8 Å². The molecule has 6 rings (SSSR count). The predicted octanol–water partition coefficient (Wildman–Crippen LogP) is 5.79.